The molecule has 0 spiro atoms. The van der Waals surface area contributed by atoms with E-state index in [0.717, 1.165) is 17.0 Å². The molecule has 2 aromatic rings. The summed E-state index contributed by atoms with van der Waals surface area (Å²) < 4.78 is 5.13. The normalized spacial score (nSPS) is 9.62. The van der Waals surface area contributed by atoms with Gasteiger partial charge in [-0.05, 0) is 12.1 Å². The molecule has 5 heteroatoms. The maximum absolute atomic E-state index is 9.08. The predicted octanol–water partition coefficient (Wildman–Crippen LogP) is 2.00. The molecule has 0 amide bonds. The molecule has 1 aromatic heterocycles. The van der Waals surface area contributed by atoms with Gasteiger partial charge in [-0.25, -0.2) is 4.98 Å². The zero-order chi connectivity index (χ0) is 10.7. The number of H-pyrrole nitrogens is 1. The van der Waals surface area contributed by atoms with Crippen LogP contribution in [0.1, 0.15) is 5.69 Å². The Kier molecular flexibility index (Phi) is 4.34. The lowest BCUT2D eigenvalue weighted by molar-refractivity contribution is 0.278. The minimum atomic E-state index is -0.0734. The zero-order valence-corrected chi connectivity index (χ0v) is 9.62. The molecular weight excluding hydrogens is 228 g/mol. The summed E-state index contributed by atoms with van der Waals surface area (Å²) >= 11 is 0. The molecule has 4 nitrogen and oxygen atoms in total. The van der Waals surface area contributed by atoms with Crippen LogP contribution in [0.15, 0.2) is 30.6 Å². The number of nitrogens with one attached hydrogen (secondary N) is 1. The first-order chi connectivity index (χ1) is 7.35. The smallest absolute Gasteiger partial charge is 0.119 e. The van der Waals surface area contributed by atoms with Crippen molar-refractivity contribution in [3.8, 4) is 17.0 Å². The Balaban J connectivity index is 0.00000128. The van der Waals surface area contributed by atoms with Crippen LogP contribution in [0, 0.1) is 0 Å². The molecule has 0 aliphatic carbocycles. The quantitative estimate of drug-likeness (QED) is 0.863. The Morgan fingerprint density at radius 2 is 2.25 bits per heavy atom. The SMILES string of the molecule is COc1cccc(-c2[nH]cnc2CO)c1.Cl. The van der Waals surface area contributed by atoms with E-state index < -0.39 is 0 Å². The van der Waals surface area contributed by atoms with Crippen LogP contribution in [0.2, 0.25) is 0 Å². The Hall–Kier alpha value is -1.52. The number of hydrogen-bond donors (Lipinski definition) is 2. The summed E-state index contributed by atoms with van der Waals surface area (Å²) in [4.78, 5) is 7.02. The highest BCUT2D eigenvalue weighted by Gasteiger charge is 2.07. The van der Waals surface area contributed by atoms with Crippen LogP contribution in [0.3, 0.4) is 0 Å². The highest BCUT2D eigenvalue weighted by Crippen LogP contribution is 2.24. The standard InChI is InChI=1S/C11H12N2O2.ClH/c1-15-9-4-2-3-8(5-9)11-10(6-14)12-7-13-11;/h2-5,7,14H,6H2,1H3,(H,12,13);1H. The lowest BCUT2D eigenvalue weighted by Gasteiger charge is -2.03. The average Bonchev–Trinajstić information content (AvgIpc) is 2.77. The monoisotopic (exact) mass is 240 g/mol. The third-order valence-electron chi connectivity index (χ3n) is 2.23. The average molecular weight is 241 g/mol. The van der Waals surface area contributed by atoms with E-state index in [0.29, 0.717) is 5.69 Å². The molecule has 0 fully saturated rings. The number of hydrogen-bond acceptors (Lipinski definition) is 3. The lowest BCUT2D eigenvalue weighted by atomic mass is 10.1. The maximum Gasteiger partial charge on any atom is 0.119 e. The third kappa shape index (κ3) is 2.35. The van der Waals surface area contributed by atoms with Gasteiger partial charge in [-0.3, -0.25) is 0 Å². The Morgan fingerprint density at radius 3 is 2.94 bits per heavy atom. The molecule has 1 heterocycles. The number of benzene rings is 1. The predicted molar refractivity (Wildman–Crippen MR) is 63.7 cm³/mol. The fraction of sp³-hybridized carbons (Fsp3) is 0.182. The molecular formula is C11H13ClN2O2. The number of aromatic nitrogens is 2. The van der Waals surface area contributed by atoms with E-state index in [-0.39, 0.29) is 19.0 Å². The minimum Gasteiger partial charge on any atom is -0.497 e. The van der Waals surface area contributed by atoms with Crippen LogP contribution < -0.4 is 4.74 Å². The van der Waals surface area contributed by atoms with E-state index in [4.69, 9.17) is 9.84 Å². The van der Waals surface area contributed by atoms with Crippen molar-refractivity contribution in [1.29, 1.82) is 0 Å². The summed E-state index contributed by atoms with van der Waals surface area (Å²) in [5.74, 6) is 0.783. The van der Waals surface area contributed by atoms with Crippen molar-refractivity contribution in [2.45, 2.75) is 6.61 Å². The first-order valence-corrected chi connectivity index (χ1v) is 4.62. The van der Waals surface area contributed by atoms with Gasteiger partial charge in [-0.2, -0.15) is 0 Å². The number of aromatic amines is 1. The van der Waals surface area contributed by atoms with Crippen molar-refractivity contribution >= 4 is 12.4 Å². The maximum atomic E-state index is 9.08. The van der Waals surface area contributed by atoms with E-state index in [1.807, 2.05) is 24.3 Å². The van der Waals surface area contributed by atoms with Gasteiger partial charge in [0, 0.05) is 5.56 Å². The van der Waals surface area contributed by atoms with Crippen LogP contribution in [0.25, 0.3) is 11.3 Å². The fourth-order valence-corrected chi connectivity index (χ4v) is 1.47. The minimum absolute atomic E-state index is 0. The van der Waals surface area contributed by atoms with Crippen molar-refractivity contribution in [3.63, 3.8) is 0 Å². The van der Waals surface area contributed by atoms with E-state index in [9.17, 15) is 0 Å². The van der Waals surface area contributed by atoms with Gasteiger partial charge >= 0.3 is 0 Å². The molecule has 0 saturated heterocycles. The number of halogens is 1. The van der Waals surface area contributed by atoms with Gasteiger partial charge in [-0.15, -0.1) is 12.4 Å². The van der Waals surface area contributed by atoms with Gasteiger partial charge < -0.3 is 14.8 Å². The van der Waals surface area contributed by atoms with Gasteiger partial charge in [0.25, 0.3) is 0 Å². The van der Waals surface area contributed by atoms with Crippen molar-refractivity contribution in [2.75, 3.05) is 7.11 Å². The van der Waals surface area contributed by atoms with Crippen LogP contribution in [0.4, 0.5) is 0 Å². The highest BCUT2D eigenvalue weighted by molar-refractivity contribution is 5.85. The molecule has 0 saturated carbocycles. The molecule has 2 rings (SSSR count). The van der Waals surface area contributed by atoms with Crippen LogP contribution in [-0.2, 0) is 6.61 Å². The summed E-state index contributed by atoms with van der Waals surface area (Å²) in [6.45, 7) is -0.0734. The Morgan fingerprint density at radius 1 is 1.44 bits per heavy atom. The Bertz CT molecular complexity index is 457. The second-order valence-electron chi connectivity index (χ2n) is 3.11. The van der Waals surface area contributed by atoms with Gasteiger partial charge in [0.1, 0.15) is 5.75 Å². The molecule has 0 bridgehead atoms. The van der Waals surface area contributed by atoms with Gasteiger partial charge in [-0.1, -0.05) is 12.1 Å². The summed E-state index contributed by atoms with van der Waals surface area (Å²) in [7, 11) is 1.62. The number of aliphatic hydroxyl groups excluding tert-OH is 1. The largest absolute Gasteiger partial charge is 0.497 e. The number of ether oxygens (including phenoxy) is 1. The van der Waals surface area contributed by atoms with Crippen molar-refractivity contribution < 1.29 is 9.84 Å². The molecule has 2 N–H and O–H groups in total. The molecule has 1 aromatic carbocycles. The lowest BCUT2D eigenvalue weighted by Crippen LogP contribution is -1.89. The number of rotatable bonds is 3. The first-order valence-electron chi connectivity index (χ1n) is 4.62. The second-order valence-corrected chi connectivity index (χ2v) is 3.11. The summed E-state index contributed by atoms with van der Waals surface area (Å²) in [6, 6.07) is 7.61. The topological polar surface area (TPSA) is 58.1 Å². The van der Waals surface area contributed by atoms with Crippen LogP contribution in [0.5, 0.6) is 5.75 Å². The van der Waals surface area contributed by atoms with Crippen LogP contribution >= 0.6 is 12.4 Å². The van der Waals surface area contributed by atoms with E-state index in [1.54, 1.807) is 13.4 Å². The molecule has 0 atom stereocenters. The number of nitrogens with zero attached hydrogens (tertiary/aromatic N) is 1. The summed E-state index contributed by atoms with van der Waals surface area (Å²) in [5, 5.41) is 9.08. The molecule has 16 heavy (non-hydrogen) atoms. The number of methoxy groups -OCH3 is 1. The van der Waals surface area contributed by atoms with Crippen molar-refractivity contribution in [3.05, 3.63) is 36.3 Å². The van der Waals surface area contributed by atoms with Gasteiger partial charge in [0.05, 0.1) is 31.4 Å². The summed E-state index contributed by atoms with van der Waals surface area (Å²) in [5.41, 5.74) is 2.43. The van der Waals surface area contributed by atoms with E-state index in [2.05, 4.69) is 9.97 Å². The van der Waals surface area contributed by atoms with Crippen molar-refractivity contribution in [1.82, 2.24) is 9.97 Å². The highest BCUT2D eigenvalue weighted by atomic mass is 35.5. The molecule has 0 unspecified atom stereocenters. The molecule has 0 aliphatic rings. The molecule has 86 valence electrons. The van der Waals surface area contributed by atoms with Crippen LogP contribution in [-0.4, -0.2) is 22.2 Å². The van der Waals surface area contributed by atoms with Gasteiger partial charge in [0.15, 0.2) is 0 Å². The van der Waals surface area contributed by atoms with E-state index in [1.165, 1.54) is 0 Å². The van der Waals surface area contributed by atoms with Crippen molar-refractivity contribution in [2.24, 2.45) is 0 Å². The zero-order valence-electron chi connectivity index (χ0n) is 8.80. The third-order valence-corrected chi connectivity index (χ3v) is 2.23. The van der Waals surface area contributed by atoms with Gasteiger partial charge in [0.2, 0.25) is 0 Å². The summed E-state index contributed by atoms with van der Waals surface area (Å²) in [6.07, 6.45) is 1.57. The van der Waals surface area contributed by atoms with E-state index >= 15 is 0 Å². The molecule has 0 aliphatic heterocycles. The number of imidazole rings is 1. The fourth-order valence-electron chi connectivity index (χ4n) is 1.47. The Labute approximate surface area is 99.7 Å². The second kappa shape index (κ2) is 5.53. The first kappa shape index (κ1) is 12.5. The molecule has 0 radical (unpaired) electrons. The number of aliphatic hydroxyl groups is 1.